The van der Waals surface area contributed by atoms with E-state index in [4.69, 9.17) is 4.74 Å². The molecular weight excluding hydrogens is 304 g/mol. The lowest BCUT2D eigenvalue weighted by molar-refractivity contribution is -0.120. The highest BCUT2D eigenvalue weighted by Crippen LogP contribution is 2.33. The minimum absolute atomic E-state index is 0.154. The first-order valence-electron chi connectivity index (χ1n) is 8.13. The molecule has 2 aliphatic heterocycles. The Morgan fingerprint density at radius 3 is 2.46 bits per heavy atom. The number of hydrogen-bond donors (Lipinski definition) is 0. The third-order valence-electron chi connectivity index (χ3n) is 4.60. The molecule has 0 saturated carbocycles. The number of hydrogen-bond acceptors (Lipinski definition) is 3. The molecule has 1 saturated heterocycles. The number of amides is 3. The molecule has 2 heterocycles. The molecule has 2 aromatic carbocycles. The van der Waals surface area contributed by atoms with Gasteiger partial charge in [-0.05, 0) is 42.3 Å². The summed E-state index contributed by atoms with van der Waals surface area (Å²) in [4.78, 5) is 28.5. The van der Waals surface area contributed by atoms with E-state index in [1.54, 1.807) is 29.2 Å². The number of urea groups is 1. The maximum Gasteiger partial charge on any atom is 0.332 e. The number of benzene rings is 2. The Morgan fingerprint density at radius 1 is 1.04 bits per heavy atom. The van der Waals surface area contributed by atoms with Crippen molar-refractivity contribution in [2.45, 2.75) is 25.9 Å². The van der Waals surface area contributed by atoms with Gasteiger partial charge >= 0.3 is 6.03 Å². The van der Waals surface area contributed by atoms with Crippen molar-refractivity contribution in [3.05, 3.63) is 59.7 Å². The molecule has 0 unspecified atom stereocenters. The molecule has 3 amide bonds. The molecule has 0 bridgehead atoms. The van der Waals surface area contributed by atoms with Gasteiger partial charge in [0, 0.05) is 13.0 Å². The molecule has 1 atom stereocenters. The molecule has 2 aromatic rings. The van der Waals surface area contributed by atoms with Crippen molar-refractivity contribution in [3.8, 4) is 5.75 Å². The molecule has 0 radical (unpaired) electrons. The summed E-state index contributed by atoms with van der Waals surface area (Å²) < 4.78 is 5.42. The summed E-state index contributed by atoms with van der Waals surface area (Å²) >= 11 is 0. The van der Waals surface area contributed by atoms with Crippen LogP contribution in [-0.4, -0.2) is 29.5 Å². The lowest BCUT2D eigenvalue weighted by atomic mass is 9.95. The van der Waals surface area contributed by atoms with E-state index < -0.39 is 6.04 Å². The lowest BCUT2D eigenvalue weighted by Gasteiger charge is -2.28. The number of carbonyl (C=O) groups is 2. The monoisotopic (exact) mass is 322 g/mol. The van der Waals surface area contributed by atoms with Gasteiger partial charge in [0.1, 0.15) is 11.8 Å². The van der Waals surface area contributed by atoms with Crippen LogP contribution < -0.4 is 9.64 Å². The number of rotatable bonds is 3. The van der Waals surface area contributed by atoms with E-state index in [0.29, 0.717) is 25.3 Å². The minimum Gasteiger partial charge on any atom is -0.494 e. The quantitative estimate of drug-likeness (QED) is 0.816. The van der Waals surface area contributed by atoms with Crippen LogP contribution in [0.1, 0.15) is 18.1 Å². The van der Waals surface area contributed by atoms with Gasteiger partial charge in [-0.15, -0.1) is 0 Å². The number of imide groups is 1. The van der Waals surface area contributed by atoms with Crippen LogP contribution in [0.25, 0.3) is 0 Å². The molecule has 122 valence electrons. The van der Waals surface area contributed by atoms with Gasteiger partial charge in [0.15, 0.2) is 0 Å². The summed E-state index contributed by atoms with van der Waals surface area (Å²) in [6, 6.07) is 14.4. The predicted octanol–water partition coefficient (Wildman–Crippen LogP) is 2.98. The molecule has 0 aliphatic carbocycles. The summed E-state index contributed by atoms with van der Waals surface area (Å²) in [5.41, 5.74) is 2.85. The third-order valence-corrected chi connectivity index (χ3v) is 4.60. The molecule has 0 N–H and O–H groups in total. The largest absolute Gasteiger partial charge is 0.494 e. The van der Waals surface area contributed by atoms with Gasteiger partial charge < -0.3 is 9.64 Å². The summed E-state index contributed by atoms with van der Waals surface area (Å²) in [6.07, 6.45) is 0.578. The molecule has 24 heavy (non-hydrogen) atoms. The lowest BCUT2D eigenvalue weighted by Crippen LogP contribution is -2.39. The zero-order valence-electron chi connectivity index (χ0n) is 13.4. The van der Waals surface area contributed by atoms with Crippen LogP contribution in [0.15, 0.2) is 48.5 Å². The summed E-state index contributed by atoms with van der Waals surface area (Å²) in [5.74, 6) is 0.573. The second kappa shape index (κ2) is 5.67. The van der Waals surface area contributed by atoms with E-state index >= 15 is 0 Å². The number of ether oxygens (including phenoxy) is 1. The minimum atomic E-state index is -0.404. The maximum atomic E-state index is 12.8. The van der Waals surface area contributed by atoms with Crippen molar-refractivity contribution in [2.24, 2.45) is 0 Å². The standard InChI is InChI=1S/C19H18N2O3/c1-2-24-16-9-7-15(8-10-16)21-18(22)17-11-13-5-3-4-6-14(13)12-20(17)19(21)23/h3-10,17H,2,11-12H2,1H3/t17-/m0/s1. The van der Waals surface area contributed by atoms with Crippen LogP contribution in [0.4, 0.5) is 10.5 Å². The fraction of sp³-hybridized carbons (Fsp3) is 0.263. The van der Waals surface area contributed by atoms with E-state index in [1.807, 2.05) is 31.2 Å². The Morgan fingerprint density at radius 2 is 1.75 bits per heavy atom. The van der Waals surface area contributed by atoms with E-state index in [-0.39, 0.29) is 11.9 Å². The second-order valence-electron chi connectivity index (χ2n) is 6.00. The van der Waals surface area contributed by atoms with Crippen LogP contribution >= 0.6 is 0 Å². The number of carbonyl (C=O) groups excluding carboxylic acids is 2. The molecule has 2 aliphatic rings. The molecule has 5 heteroatoms. The van der Waals surface area contributed by atoms with Crippen molar-refractivity contribution >= 4 is 17.6 Å². The maximum absolute atomic E-state index is 12.8. The second-order valence-corrected chi connectivity index (χ2v) is 6.00. The molecule has 0 spiro atoms. The average molecular weight is 322 g/mol. The number of nitrogens with zero attached hydrogens (tertiary/aromatic N) is 2. The SMILES string of the molecule is CCOc1ccc(N2C(=O)[C@@H]3Cc4ccccc4CN3C2=O)cc1. The Kier molecular flexibility index (Phi) is 3.49. The van der Waals surface area contributed by atoms with Gasteiger partial charge in [-0.25, -0.2) is 9.69 Å². The molecule has 5 nitrogen and oxygen atoms in total. The first-order valence-corrected chi connectivity index (χ1v) is 8.13. The zero-order valence-corrected chi connectivity index (χ0v) is 13.4. The van der Waals surface area contributed by atoms with Crippen molar-refractivity contribution in [1.82, 2.24) is 4.90 Å². The van der Waals surface area contributed by atoms with Crippen LogP contribution in [0, 0.1) is 0 Å². The molecular formula is C19H18N2O3. The molecule has 4 rings (SSSR count). The Bertz CT molecular complexity index is 758. The van der Waals surface area contributed by atoms with Crippen LogP contribution in [0.3, 0.4) is 0 Å². The summed E-state index contributed by atoms with van der Waals surface area (Å²) in [7, 11) is 0. The zero-order chi connectivity index (χ0) is 16.7. The third kappa shape index (κ3) is 2.24. The topological polar surface area (TPSA) is 49.9 Å². The molecule has 1 fully saturated rings. The van der Waals surface area contributed by atoms with Crippen molar-refractivity contribution < 1.29 is 14.3 Å². The van der Waals surface area contributed by atoms with Crippen molar-refractivity contribution in [1.29, 1.82) is 0 Å². The van der Waals surface area contributed by atoms with E-state index in [0.717, 1.165) is 16.9 Å². The molecule has 0 aromatic heterocycles. The van der Waals surface area contributed by atoms with Gasteiger partial charge in [0.2, 0.25) is 0 Å². The normalized spacial score (nSPS) is 19.3. The van der Waals surface area contributed by atoms with Gasteiger partial charge in [-0.2, -0.15) is 0 Å². The highest BCUT2D eigenvalue weighted by atomic mass is 16.5. The summed E-state index contributed by atoms with van der Waals surface area (Å²) in [5, 5.41) is 0. The van der Waals surface area contributed by atoms with Crippen molar-refractivity contribution in [3.63, 3.8) is 0 Å². The Hall–Kier alpha value is -2.82. The van der Waals surface area contributed by atoms with Crippen LogP contribution in [0.2, 0.25) is 0 Å². The highest BCUT2D eigenvalue weighted by Gasteiger charge is 2.47. The van der Waals surface area contributed by atoms with Crippen molar-refractivity contribution in [2.75, 3.05) is 11.5 Å². The van der Waals surface area contributed by atoms with Gasteiger partial charge in [0.25, 0.3) is 5.91 Å². The Balaban J connectivity index is 1.63. The van der Waals surface area contributed by atoms with Gasteiger partial charge in [-0.3, -0.25) is 4.79 Å². The average Bonchev–Trinajstić information content (AvgIpc) is 2.85. The summed E-state index contributed by atoms with van der Waals surface area (Å²) in [6.45, 7) is 2.98. The first-order chi connectivity index (χ1) is 11.7. The van der Waals surface area contributed by atoms with Crippen LogP contribution in [-0.2, 0) is 17.8 Å². The van der Waals surface area contributed by atoms with E-state index in [1.165, 1.54) is 4.90 Å². The Labute approximate surface area is 140 Å². The smallest absolute Gasteiger partial charge is 0.332 e. The van der Waals surface area contributed by atoms with Gasteiger partial charge in [0.05, 0.1) is 12.3 Å². The highest BCUT2D eigenvalue weighted by molar-refractivity contribution is 6.21. The van der Waals surface area contributed by atoms with E-state index in [9.17, 15) is 9.59 Å². The fourth-order valence-corrected chi connectivity index (χ4v) is 3.41. The van der Waals surface area contributed by atoms with E-state index in [2.05, 4.69) is 0 Å². The number of anilines is 1. The van der Waals surface area contributed by atoms with Crippen LogP contribution in [0.5, 0.6) is 5.75 Å². The fourth-order valence-electron chi connectivity index (χ4n) is 3.41. The van der Waals surface area contributed by atoms with Gasteiger partial charge in [-0.1, -0.05) is 24.3 Å². The first kappa shape index (κ1) is 14.8. The number of fused-ring (bicyclic) bond motifs is 2. The predicted molar refractivity (Wildman–Crippen MR) is 90.0 cm³/mol.